The first-order chi connectivity index (χ1) is 15.2. The Morgan fingerprint density at radius 2 is 2.03 bits per heavy atom. The molecule has 0 bridgehead atoms. The van der Waals surface area contributed by atoms with Crippen molar-refractivity contribution in [2.75, 3.05) is 25.0 Å². The number of carbonyl (C=O) groups is 2. The van der Waals surface area contributed by atoms with Crippen LogP contribution in [-0.2, 0) is 26.2 Å². The number of amides is 2. The van der Waals surface area contributed by atoms with E-state index in [9.17, 15) is 18.0 Å². The lowest BCUT2D eigenvalue weighted by Gasteiger charge is -2.31. The number of fused-ring (bicyclic) bond motifs is 1. The normalized spacial score (nSPS) is 18.9. The second-order valence-electron chi connectivity index (χ2n) is 8.02. The van der Waals surface area contributed by atoms with Gasteiger partial charge in [0.25, 0.3) is 5.91 Å². The van der Waals surface area contributed by atoms with Gasteiger partial charge >= 0.3 is 0 Å². The van der Waals surface area contributed by atoms with Crippen molar-refractivity contribution in [3.63, 3.8) is 0 Å². The number of rotatable bonds is 5. The first-order valence-electron chi connectivity index (χ1n) is 10.3. The van der Waals surface area contributed by atoms with Gasteiger partial charge in [-0.2, -0.15) is 4.31 Å². The van der Waals surface area contributed by atoms with E-state index in [1.54, 1.807) is 0 Å². The van der Waals surface area contributed by atoms with E-state index in [0.717, 1.165) is 11.1 Å². The predicted molar refractivity (Wildman–Crippen MR) is 120 cm³/mol. The molecule has 10 heteroatoms. The van der Waals surface area contributed by atoms with Gasteiger partial charge in [0.1, 0.15) is 10.6 Å². The van der Waals surface area contributed by atoms with Crippen molar-refractivity contribution in [2.24, 2.45) is 5.92 Å². The summed E-state index contributed by atoms with van der Waals surface area (Å²) in [6.45, 7) is 2.57. The van der Waals surface area contributed by atoms with Crippen LogP contribution in [0.15, 0.2) is 41.3 Å². The fourth-order valence-electron chi connectivity index (χ4n) is 3.83. The van der Waals surface area contributed by atoms with Crippen LogP contribution in [0.2, 0.25) is 5.02 Å². The molecule has 0 saturated carbocycles. The molecule has 2 aromatic rings. The maximum absolute atomic E-state index is 13.3. The van der Waals surface area contributed by atoms with Crippen LogP contribution in [0.1, 0.15) is 24.0 Å². The van der Waals surface area contributed by atoms with Gasteiger partial charge in [0.05, 0.1) is 16.6 Å². The Morgan fingerprint density at radius 1 is 1.28 bits per heavy atom. The van der Waals surface area contributed by atoms with E-state index >= 15 is 0 Å². The Morgan fingerprint density at radius 3 is 2.78 bits per heavy atom. The summed E-state index contributed by atoms with van der Waals surface area (Å²) in [6, 6.07) is 10.6. The average Bonchev–Trinajstić information content (AvgIpc) is 2.78. The maximum Gasteiger partial charge on any atom is 0.262 e. The van der Waals surface area contributed by atoms with Gasteiger partial charge < -0.3 is 15.4 Å². The van der Waals surface area contributed by atoms with Crippen LogP contribution in [0.4, 0.5) is 5.69 Å². The third-order valence-corrected chi connectivity index (χ3v) is 7.96. The molecular weight excluding hydrogens is 454 g/mol. The molecule has 2 aliphatic rings. The summed E-state index contributed by atoms with van der Waals surface area (Å²) in [7, 11) is -3.95. The van der Waals surface area contributed by atoms with E-state index < -0.39 is 15.9 Å². The molecule has 32 heavy (non-hydrogen) atoms. The van der Waals surface area contributed by atoms with Gasteiger partial charge in [-0.3, -0.25) is 9.59 Å². The monoisotopic (exact) mass is 477 g/mol. The fourth-order valence-corrected chi connectivity index (χ4v) is 5.87. The molecule has 2 aromatic carbocycles. The van der Waals surface area contributed by atoms with Gasteiger partial charge in [-0.1, -0.05) is 41.4 Å². The molecule has 0 aliphatic carbocycles. The Hall–Kier alpha value is -2.62. The zero-order chi connectivity index (χ0) is 22.9. The highest BCUT2D eigenvalue weighted by Crippen LogP contribution is 2.37. The molecule has 2 heterocycles. The van der Waals surface area contributed by atoms with Crippen molar-refractivity contribution in [3.8, 4) is 5.75 Å². The minimum atomic E-state index is -3.95. The van der Waals surface area contributed by atoms with Crippen LogP contribution in [0.5, 0.6) is 5.75 Å². The summed E-state index contributed by atoms with van der Waals surface area (Å²) in [5.74, 6) is -0.708. The number of anilines is 1. The van der Waals surface area contributed by atoms with Crippen LogP contribution in [-0.4, -0.2) is 44.2 Å². The van der Waals surface area contributed by atoms with Gasteiger partial charge in [0, 0.05) is 25.7 Å². The van der Waals surface area contributed by atoms with Crippen LogP contribution < -0.4 is 15.4 Å². The van der Waals surface area contributed by atoms with Gasteiger partial charge in [0.2, 0.25) is 15.9 Å². The molecule has 1 unspecified atom stereocenters. The molecular formula is C22H24ClN3O5S. The molecule has 1 atom stereocenters. The summed E-state index contributed by atoms with van der Waals surface area (Å²) >= 11 is 6.25. The zero-order valence-electron chi connectivity index (χ0n) is 17.6. The first kappa shape index (κ1) is 22.6. The zero-order valence-corrected chi connectivity index (χ0v) is 19.1. The van der Waals surface area contributed by atoms with Gasteiger partial charge in [0.15, 0.2) is 6.61 Å². The summed E-state index contributed by atoms with van der Waals surface area (Å²) in [5.41, 5.74) is 2.45. The Balaban J connectivity index is 1.47. The van der Waals surface area contributed by atoms with Gasteiger partial charge in [-0.15, -0.1) is 0 Å². The highest BCUT2D eigenvalue weighted by Gasteiger charge is 2.35. The van der Waals surface area contributed by atoms with Crippen molar-refractivity contribution < 1.29 is 22.7 Å². The van der Waals surface area contributed by atoms with E-state index in [1.807, 2.05) is 31.2 Å². The number of halogens is 1. The molecule has 2 aliphatic heterocycles. The van der Waals surface area contributed by atoms with Crippen LogP contribution in [0, 0.1) is 12.8 Å². The largest absolute Gasteiger partial charge is 0.482 e. The van der Waals surface area contributed by atoms with Crippen molar-refractivity contribution in [2.45, 2.75) is 31.2 Å². The number of sulfonamides is 1. The quantitative estimate of drug-likeness (QED) is 0.689. The number of hydrogen-bond acceptors (Lipinski definition) is 5. The van der Waals surface area contributed by atoms with E-state index in [2.05, 4.69) is 10.6 Å². The van der Waals surface area contributed by atoms with Crippen molar-refractivity contribution in [3.05, 3.63) is 52.5 Å². The third kappa shape index (κ3) is 4.74. The fraction of sp³-hybridized carbons (Fsp3) is 0.364. The highest BCUT2D eigenvalue weighted by molar-refractivity contribution is 7.89. The Kier molecular flexibility index (Phi) is 6.41. The topological polar surface area (TPSA) is 105 Å². The van der Waals surface area contributed by atoms with Crippen molar-refractivity contribution >= 4 is 39.1 Å². The predicted octanol–water partition coefficient (Wildman–Crippen LogP) is 2.70. The second kappa shape index (κ2) is 9.09. The Bertz CT molecular complexity index is 1150. The lowest BCUT2D eigenvalue weighted by atomic mass is 9.98. The molecule has 0 spiro atoms. The van der Waals surface area contributed by atoms with E-state index in [4.69, 9.17) is 16.3 Å². The minimum Gasteiger partial charge on any atom is -0.482 e. The molecule has 170 valence electrons. The van der Waals surface area contributed by atoms with Crippen molar-refractivity contribution in [1.82, 2.24) is 9.62 Å². The molecule has 1 saturated heterocycles. The van der Waals surface area contributed by atoms with Gasteiger partial charge in [-0.25, -0.2) is 8.42 Å². The number of benzene rings is 2. The molecule has 2 N–H and O–H groups in total. The molecule has 2 amide bonds. The molecule has 0 aromatic heterocycles. The number of hydrogen-bond donors (Lipinski definition) is 2. The highest BCUT2D eigenvalue weighted by atomic mass is 35.5. The summed E-state index contributed by atoms with van der Waals surface area (Å²) in [4.78, 5) is 24.1. The number of nitrogens with zero attached hydrogens (tertiary/aromatic N) is 1. The molecule has 1 fully saturated rings. The maximum atomic E-state index is 13.3. The van der Waals surface area contributed by atoms with Gasteiger partial charge in [-0.05, 0) is 31.4 Å². The smallest absolute Gasteiger partial charge is 0.262 e. The first-order valence-corrected chi connectivity index (χ1v) is 12.2. The van der Waals surface area contributed by atoms with E-state index in [0.29, 0.717) is 31.6 Å². The van der Waals surface area contributed by atoms with Crippen LogP contribution in [0.3, 0.4) is 0 Å². The number of nitrogens with one attached hydrogen (secondary N) is 2. The SMILES string of the molecule is Cc1ccc(CNC(=O)C2CCCN(S(=O)(=O)c3cc4c(cc3Cl)NC(=O)CO4)C2)cc1. The number of ether oxygens (including phenoxy) is 1. The average molecular weight is 478 g/mol. The number of piperidine rings is 1. The second-order valence-corrected chi connectivity index (χ2v) is 10.3. The molecule has 4 rings (SSSR count). The van der Waals surface area contributed by atoms with E-state index in [1.165, 1.54) is 16.4 Å². The van der Waals surface area contributed by atoms with Crippen LogP contribution in [0.25, 0.3) is 0 Å². The summed E-state index contributed by atoms with van der Waals surface area (Å²) in [6.07, 6.45) is 1.18. The lowest BCUT2D eigenvalue weighted by Crippen LogP contribution is -2.45. The van der Waals surface area contributed by atoms with Crippen LogP contribution >= 0.6 is 11.6 Å². The lowest BCUT2D eigenvalue weighted by molar-refractivity contribution is -0.126. The minimum absolute atomic E-state index is 0.0134. The molecule has 8 nitrogen and oxygen atoms in total. The van der Waals surface area contributed by atoms with Crippen molar-refractivity contribution in [1.29, 1.82) is 0 Å². The Labute approximate surface area is 191 Å². The standard InChI is InChI=1S/C22H24ClN3O5S/c1-14-4-6-15(7-5-14)11-24-22(28)16-3-2-8-26(12-16)32(29,30)20-10-19-18(9-17(20)23)25-21(27)13-31-19/h4-7,9-10,16H,2-3,8,11-13H2,1H3,(H,24,28)(H,25,27). The van der Waals surface area contributed by atoms with E-state index in [-0.39, 0.29) is 40.6 Å². The molecule has 0 radical (unpaired) electrons. The number of carbonyl (C=O) groups excluding carboxylic acids is 2. The third-order valence-electron chi connectivity index (χ3n) is 5.63. The number of aryl methyl sites for hydroxylation is 1. The summed E-state index contributed by atoms with van der Waals surface area (Å²) in [5, 5.41) is 5.50. The summed E-state index contributed by atoms with van der Waals surface area (Å²) < 4.78 is 33.2.